The molecule has 1 atom stereocenters. The van der Waals surface area contributed by atoms with Crippen LogP contribution in [0.2, 0.25) is 0 Å². The SMILES string of the molecule is CCC(N)c1cccc(-c2cnnn2-c2ccccc2)c1. The molecule has 2 N–H and O–H groups in total. The Balaban J connectivity index is 2.05. The minimum Gasteiger partial charge on any atom is -0.324 e. The molecule has 0 aliphatic carbocycles. The predicted octanol–water partition coefficient (Wildman–Crippen LogP) is 3.34. The van der Waals surface area contributed by atoms with Gasteiger partial charge in [-0.05, 0) is 30.2 Å². The zero-order valence-electron chi connectivity index (χ0n) is 12.0. The molecule has 2 aromatic carbocycles. The standard InChI is InChI=1S/C17H18N4/c1-2-16(18)13-7-6-8-14(11-13)17-12-19-20-21(17)15-9-4-3-5-10-15/h3-12,16H,2,18H2,1H3. The van der Waals surface area contributed by atoms with Gasteiger partial charge >= 0.3 is 0 Å². The lowest BCUT2D eigenvalue weighted by atomic mass is 10.0. The Hall–Kier alpha value is -2.46. The van der Waals surface area contributed by atoms with Crippen LogP contribution >= 0.6 is 0 Å². The first-order chi connectivity index (χ1) is 10.3. The first kappa shape index (κ1) is 13.5. The first-order valence-electron chi connectivity index (χ1n) is 7.11. The summed E-state index contributed by atoms with van der Waals surface area (Å²) in [6.45, 7) is 2.09. The van der Waals surface area contributed by atoms with Crippen LogP contribution in [0.1, 0.15) is 24.9 Å². The second-order valence-corrected chi connectivity index (χ2v) is 5.01. The summed E-state index contributed by atoms with van der Waals surface area (Å²) in [6.07, 6.45) is 2.70. The van der Waals surface area contributed by atoms with Gasteiger partial charge in [0.2, 0.25) is 0 Å². The highest BCUT2D eigenvalue weighted by atomic mass is 15.4. The quantitative estimate of drug-likeness (QED) is 0.796. The summed E-state index contributed by atoms with van der Waals surface area (Å²) in [5.41, 5.74) is 10.3. The van der Waals surface area contributed by atoms with Crippen LogP contribution in [-0.4, -0.2) is 15.0 Å². The van der Waals surface area contributed by atoms with Crippen LogP contribution in [0.15, 0.2) is 60.8 Å². The summed E-state index contributed by atoms with van der Waals surface area (Å²) in [5.74, 6) is 0. The third-order valence-corrected chi connectivity index (χ3v) is 3.60. The molecule has 0 bridgehead atoms. The van der Waals surface area contributed by atoms with Gasteiger partial charge in [-0.15, -0.1) is 5.10 Å². The van der Waals surface area contributed by atoms with Crippen LogP contribution < -0.4 is 5.73 Å². The molecule has 0 aliphatic rings. The van der Waals surface area contributed by atoms with E-state index in [2.05, 4.69) is 35.4 Å². The van der Waals surface area contributed by atoms with E-state index < -0.39 is 0 Å². The van der Waals surface area contributed by atoms with Crippen molar-refractivity contribution in [2.45, 2.75) is 19.4 Å². The fourth-order valence-corrected chi connectivity index (χ4v) is 2.36. The van der Waals surface area contributed by atoms with E-state index in [0.29, 0.717) is 0 Å². The lowest BCUT2D eigenvalue weighted by Crippen LogP contribution is -2.08. The number of benzene rings is 2. The molecule has 0 spiro atoms. The number of hydrogen-bond donors (Lipinski definition) is 1. The van der Waals surface area contributed by atoms with Gasteiger partial charge in [-0.3, -0.25) is 0 Å². The summed E-state index contributed by atoms with van der Waals surface area (Å²) in [7, 11) is 0. The van der Waals surface area contributed by atoms with Crippen LogP contribution in [-0.2, 0) is 0 Å². The molecule has 0 saturated heterocycles. The normalized spacial score (nSPS) is 12.3. The van der Waals surface area contributed by atoms with Gasteiger partial charge in [0, 0.05) is 11.6 Å². The fourth-order valence-electron chi connectivity index (χ4n) is 2.36. The summed E-state index contributed by atoms with van der Waals surface area (Å²) < 4.78 is 1.84. The first-order valence-corrected chi connectivity index (χ1v) is 7.11. The van der Waals surface area contributed by atoms with E-state index in [4.69, 9.17) is 5.73 Å². The average Bonchev–Trinajstić information content (AvgIpc) is 3.04. The number of nitrogens with two attached hydrogens (primary N) is 1. The molecule has 3 rings (SSSR count). The maximum absolute atomic E-state index is 6.13. The summed E-state index contributed by atoms with van der Waals surface area (Å²) in [6, 6.07) is 18.3. The third-order valence-electron chi connectivity index (χ3n) is 3.60. The van der Waals surface area contributed by atoms with E-state index in [1.807, 2.05) is 41.1 Å². The van der Waals surface area contributed by atoms with Crippen LogP contribution in [0.3, 0.4) is 0 Å². The van der Waals surface area contributed by atoms with Gasteiger partial charge in [-0.2, -0.15) is 0 Å². The van der Waals surface area contributed by atoms with E-state index in [0.717, 1.165) is 28.9 Å². The van der Waals surface area contributed by atoms with Crippen molar-refractivity contribution in [3.8, 4) is 16.9 Å². The Morgan fingerprint density at radius 2 is 1.90 bits per heavy atom. The molecule has 0 aliphatic heterocycles. The van der Waals surface area contributed by atoms with E-state index in [1.54, 1.807) is 6.20 Å². The van der Waals surface area contributed by atoms with E-state index >= 15 is 0 Å². The van der Waals surface area contributed by atoms with E-state index in [-0.39, 0.29) is 6.04 Å². The Kier molecular flexibility index (Phi) is 3.79. The zero-order valence-corrected chi connectivity index (χ0v) is 12.0. The van der Waals surface area contributed by atoms with Gasteiger partial charge < -0.3 is 5.73 Å². The largest absolute Gasteiger partial charge is 0.324 e. The molecule has 21 heavy (non-hydrogen) atoms. The Bertz CT molecular complexity index is 718. The van der Waals surface area contributed by atoms with Gasteiger partial charge in [0.25, 0.3) is 0 Å². The van der Waals surface area contributed by atoms with Gasteiger partial charge in [-0.1, -0.05) is 48.5 Å². The van der Waals surface area contributed by atoms with Gasteiger partial charge in [0.05, 0.1) is 17.6 Å². The van der Waals surface area contributed by atoms with Gasteiger partial charge in [0.15, 0.2) is 0 Å². The van der Waals surface area contributed by atoms with Crippen molar-refractivity contribution in [2.75, 3.05) is 0 Å². The number of hydrogen-bond acceptors (Lipinski definition) is 3. The Labute approximate surface area is 124 Å². The minimum atomic E-state index is 0.0611. The van der Waals surface area contributed by atoms with Crippen LogP contribution in [0.5, 0.6) is 0 Å². The van der Waals surface area contributed by atoms with Crippen molar-refractivity contribution in [1.82, 2.24) is 15.0 Å². The summed E-state index contributed by atoms with van der Waals surface area (Å²) in [5, 5.41) is 8.24. The molecule has 1 unspecified atom stereocenters. The number of nitrogens with zero attached hydrogens (tertiary/aromatic N) is 3. The van der Waals surface area contributed by atoms with Crippen molar-refractivity contribution in [1.29, 1.82) is 0 Å². The van der Waals surface area contributed by atoms with Crippen LogP contribution in [0, 0.1) is 0 Å². The Morgan fingerprint density at radius 3 is 2.67 bits per heavy atom. The monoisotopic (exact) mass is 278 g/mol. The predicted molar refractivity (Wildman–Crippen MR) is 84.0 cm³/mol. The van der Waals surface area contributed by atoms with Crippen molar-refractivity contribution < 1.29 is 0 Å². The second-order valence-electron chi connectivity index (χ2n) is 5.01. The summed E-state index contributed by atoms with van der Waals surface area (Å²) >= 11 is 0. The fraction of sp³-hybridized carbons (Fsp3) is 0.176. The topological polar surface area (TPSA) is 56.7 Å². The molecule has 3 aromatic rings. The minimum absolute atomic E-state index is 0.0611. The smallest absolute Gasteiger partial charge is 0.0944 e. The van der Waals surface area contributed by atoms with Crippen molar-refractivity contribution in [3.63, 3.8) is 0 Å². The molecule has 4 nitrogen and oxygen atoms in total. The average molecular weight is 278 g/mol. The van der Waals surface area contributed by atoms with E-state index in [9.17, 15) is 0 Å². The third kappa shape index (κ3) is 2.71. The lowest BCUT2D eigenvalue weighted by molar-refractivity contribution is 0.699. The molecule has 0 fully saturated rings. The maximum Gasteiger partial charge on any atom is 0.0944 e. The number of rotatable bonds is 4. The molecular weight excluding hydrogens is 260 g/mol. The molecule has 0 radical (unpaired) electrons. The van der Waals surface area contributed by atoms with Crippen LogP contribution in [0.25, 0.3) is 16.9 Å². The maximum atomic E-state index is 6.13. The molecule has 0 amide bonds. The lowest BCUT2D eigenvalue weighted by Gasteiger charge is -2.11. The van der Waals surface area contributed by atoms with Crippen molar-refractivity contribution in [3.05, 3.63) is 66.4 Å². The van der Waals surface area contributed by atoms with Gasteiger partial charge in [0.1, 0.15) is 0 Å². The zero-order chi connectivity index (χ0) is 14.7. The number of para-hydroxylation sites is 1. The molecule has 1 heterocycles. The highest BCUT2D eigenvalue weighted by Crippen LogP contribution is 2.24. The Morgan fingerprint density at radius 1 is 1.10 bits per heavy atom. The molecular formula is C17H18N4. The molecule has 1 aromatic heterocycles. The molecule has 106 valence electrons. The second kappa shape index (κ2) is 5.89. The molecule has 4 heteroatoms. The highest BCUT2D eigenvalue weighted by molar-refractivity contribution is 5.62. The highest BCUT2D eigenvalue weighted by Gasteiger charge is 2.10. The van der Waals surface area contributed by atoms with Crippen molar-refractivity contribution in [2.24, 2.45) is 5.73 Å². The van der Waals surface area contributed by atoms with E-state index in [1.165, 1.54) is 0 Å². The van der Waals surface area contributed by atoms with Gasteiger partial charge in [-0.25, -0.2) is 4.68 Å². The summed E-state index contributed by atoms with van der Waals surface area (Å²) in [4.78, 5) is 0. The van der Waals surface area contributed by atoms with Crippen LogP contribution in [0.4, 0.5) is 0 Å². The molecule has 0 saturated carbocycles. The number of aromatic nitrogens is 3. The van der Waals surface area contributed by atoms with Crippen molar-refractivity contribution >= 4 is 0 Å².